The molecule has 0 saturated heterocycles. The maximum Gasteiger partial charge on any atom is 0.0453 e. The number of hydrogen-bond acceptors (Lipinski definition) is 1. The number of benzene rings is 2. The molecule has 3 rings (SSSR count). The lowest BCUT2D eigenvalue weighted by Gasteiger charge is -2.28. The second-order valence-corrected chi connectivity index (χ2v) is 6.65. The molecule has 1 aliphatic rings. The average Bonchev–Trinajstić information content (AvgIpc) is 3.29. The van der Waals surface area contributed by atoms with Crippen LogP contribution in [0.1, 0.15) is 24.0 Å². The van der Waals surface area contributed by atoms with Crippen molar-refractivity contribution in [2.24, 2.45) is 0 Å². The number of halogens is 2. The molecule has 0 heterocycles. The van der Waals surface area contributed by atoms with E-state index in [0.717, 1.165) is 17.0 Å². The summed E-state index contributed by atoms with van der Waals surface area (Å²) in [6.07, 6.45) is 3.38. The summed E-state index contributed by atoms with van der Waals surface area (Å²) in [4.78, 5) is 0. The van der Waals surface area contributed by atoms with Gasteiger partial charge in [-0.1, -0.05) is 59.6 Å². The maximum atomic E-state index is 6.33. The first-order valence-corrected chi connectivity index (χ1v) is 8.08. The standard InChI is InChI=1S/C18H19Cl2N/c1-21-17(11-13-7-8-15(19)12-16(13)20)18(9-10-18)14-5-3-2-4-6-14/h2-8,12,17,21H,9-11H2,1H3. The van der Waals surface area contributed by atoms with E-state index in [1.54, 1.807) is 0 Å². The molecular weight excluding hydrogens is 301 g/mol. The quantitative estimate of drug-likeness (QED) is 0.830. The van der Waals surface area contributed by atoms with E-state index in [1.165, 1.54) is 18.4 Å². The van der Waals surface area contributed by atoms with Gasteiger partial charge in [0.1, 0.15) is 0 Å². The molecule has 110 valence electrons. The van der Waals surface area contributed by atoms with Crippen molar-refractivity contribution >= 4 is 23.2 Å². The van der Waals surface area contributed by atoms with Crippen LogP contribution in [0.3, 0.4) is 0 Å². The fourth-order valence-corrected chi connectivity index (χ4v) is 3.71. The zero-order valence-corrected chi connectivity index (χ0v) is 13.6. The van der Waals surface area contributed by atoms with Crippen molar-refractivity contribution in [3.63, 3.8) is 0 Å². The van der Waals surface area contributed by atoms with Crippen LogP contribution in [0.25, 0.3) is 0 Å². The smallest absolute Gasteiger partial charge is 0.0453 e. The lowest BCUT2D eigenvalue weighted by molar-refractivity contribution is 0.442. The molecule has 1 N–H and O–H groups in total. The molecule has 2 aromatic carbocycles. The first-order chi connectivity index (χ1) is 10.2. The summed E-state index contributed by atoms with van der Waals surface area (Å²) >= 11 is 12.3. The maximum absolute atomic E-state index is 6.33. The molecule has 1 aliphatic carbocycles. The zero-order valence-electron chi connectivity index (χ0n) is 12.1. The first-order valence-electron chi connectivity index (χ1n) is 7.32. The molecular formula is C18H19Cl2N. The molecule has 0 radical (unpaired) electrons. The Labute approximate surface area is 136 Å². The fourth-order valence-electron chi connectivity index (χ4n) is 3.22. The van der Waals surface area contributed by atoms with Gasteiger partial charge in [-0.15, -0.1) is 0 Å². The van der Waals surface area contributed by atoms with Crippen LogP contribution in [0, 0.1) is 0 Å². The van der Waals surface area contributed by atoms with Gasteiger partial charge in [0.2, 0.25) is 0 Å². The van der Waals surface area contributed by atoms with Crippen molar-refractivity contribution in [2.75, 3.05) is 7.05 Å². The van der Waals surface area contributed by atoms with Crippen LogP contribution >= 0.6 is 23.2 Å². The molecule has 1 nitrogen and oxygen atoms in total. The summed E-state index contributed by atoms with van der Waals surface area (Å²) in [5.41, 5.74) is 2.83. The van der Waals surface area contributed by atoms with E-state index >= 15 is 0 Å². The molecule has 0 aliphatic heterocycles. The van der Waals surface area contributed by atoms with E-state index in [-0.39, 0.29) is 5.41 Å². The van der Waals surface area contributed by atoms with Gasteiger partial charge in [-0.3, -0.25) is 0 Å². The second kappa shape index (κ2) is 6.00. The van der Waals surface area contributed by atoms with E-state index < -0.39 is 0 Å². The van der Waals surface area contributed by atoms with E-state index in [1.807, 2.05) is 25.2 Å². The molecule has 0 spiro atoms. The third-order valence-corrected chi connectivity index (χ3v) is 5.18. The fraction of sp³-hybridized carbons (Fsp3) is 0.333. The van der Waals surface area contributed by atoms with Crippen LogP contribution in [0.5, 0.6) is 0 Å². The van der Waals surface area contributed by atoms with Gasteiger partial charge in [-0.05, 0) is 49.6 Å². The van der Waals surface area contributed by atoms with Crippen LogP contribution in [0.2, 0.25) is 10.0 Å². The second-order valence-electron chi connectivity index (χ2n) is 5.80. The van der Waals surface area contributed by atoms with Crippen molar-refractivity contribution in [1.82, 2.24) is 5.32 Å². The highest BCUT2D eigenvalue weighted by molar-refractivity contribution is 6.35. The molecule has 1 unspecified atom stereocenters. The van der Waals surface area contributed by atoms with Crippen LogP contribution in [-0.4, -0.2) is 13.1 Å². The highest BCUT2D eigenvalue weighted by Gasteiger charge is 2.49. The van der Waals surface area contributed by atoms with Crippen LogP contribution in [-0.2, 0) is 11.8 Å². The Kier molecular flexibility index (Phi) is 4.26. The van der Waals surface area contributed by atoms with Crippen molar-refractivity contribution in [3.05, 3.63) is 69.7 Å². The van der Waals surface area contributed by atoms with Crippen molar-refractivity contribution < 1.29 is 0 Å². The van der Waals surface area contributed by atoms with Crippen LogP contribution in [0.15, 0.2) is 48.5 Å². The van der Waals surface area contributed by atoms with Crippen LogP contribution in [0.4, 0.5) is 0 Å². The number of nitrogens with one attached hydrogen (secondary N) is 1. The van der Waals surface area contributed by atoms with Crippen molar-refractivity contribution in [3.8, 4) is 0 Å². The van der Waals surface area contributed by atoms with Crippen LogP contribution < -0.4 is 5.32 Å². The number of rotatable bonds is 5. The van der Waals surface area contributed by atoms with E-state index in [0.29, 0.717) is 11.1 Å². The molecule has 21 heavy (non-hydrogen) atoms. The Balaban J connectivity index is 1.86. The Bertz CT molecular complexity index is 620. The van der Waals surface area contributed by atoms with Crippen molar-refractivity contribution in [1.29, 1.82) is 0 Å². The molecule has 1 saturated carbocycles. The summed E-state index contributed by atoms with van der Waals surface area (Å²) < 4.78 is 0. The van der Waals surface area contributed by atoms with Gasteiger partial charge in [0.15, 0.2) is 0 Å². The first kappa shape index (κ1) is 14.9. The minimum Gasteiger partial charge on any atom is -0.316 e. The Morgan fingerprint density at radius 2 is 1.81 bits per heavy atom. The molecule has 2 aromatic rings. The predicted octanol–water partition coefficient (Wildman–Crippen LogP) is 4.86. The summed E-state index contributed by atoms with van der Waals surface area (Å²) in [6.45, 7) is 0. The highest BCUT2D eigenvalue weighted by Crippen LogP contribution is 2.51. The van der Waals surface area contributed by atoms with Crippen molar-refractivity contribution in [2.45, 2.75) is 30.7 Å². The summed E-state index contributed by atoms with van der Waals surface area (Å²) in [6, 6.07) is 17.0. The lowest BCUT2D eigenvalue weighted by Crippen LogP contribution is -2.39. The molecule has 1 atom stereocenters. The monoisotopic (exact) mass is 319 g/mol. The lowest BCUT2D eigenvalue weighted by atomic mass is 9.84. The Morgan fingerprint density at radius 3 is 2.38 bits per heavy atom. The van der Waals surface area contributed by atoms with Gasteiger partial charge in [0, 0.05) is 21.5 Å². The molecule has 0 bridgehead atoms. The number of likely N-dealkylation sites (N-methyl/N-ethyl adjacent to an activating group) is 1. The topological polar surface area (TPSA) is 12.0 Å². The summed E-state index contributed by atoms with van der Waals surface area (Å²) in [5, 5.41) is 4.95. The Hall–Kier alpha value is -1.02. The predicted molar refractivity (Wildman–Crippen MR) is 90.4 cm³/mol. The van der Waals surface area contributed by atoms with Gasteiger partial charge >= 0.3 is 0 Å². The van der Waals surface area contributed by atoms with Gasteiger partial charge < -0.3 is 5.32 Å². The zero-order chi connectivity index (χ0) is 14.9. The molecule has 1 fully saturated rings. The largest absolute Gasteiger partial charge is 0.316 e. The van der Waals surface area contributed by atoms with Gasteiger partial charge in [0.25, 0.3) is 0 Å². The van der Waals surface area contributed by atoms with Gasteiger partial charge in [-0.25, -0.2) is 0 Å². The third kappa shape index (κ3) is 2.96. The van der Waals surface area contributed by atoms with E-state index in [9.17, 15) is 0 Å². The van der Waals surface area contributed by atoms with Gasteiger partial charge in [0.05, 0.1) is 0 Å². The SMILES string of the molecule is CNC(Cc1ccc(Cl)cc1Cl)C1(c2ccccc2)CC1. The highest BCUT2D eigenvalue weighted by atomic mass is 35.5. The molecule has 3 heteroatoms. The Morgan fingerprint density at radius 1 is 1.10 bits per heavy atom. The summed E-state index contributed by atoms with van der Waals surface area (Å²) in [5.74, 6) is 0. The minimum absolute atomic E-state index is 0.249. The third-order valence-electron chi connectivity index (χ3n) is 4.59. The number of hydrogen-bond donors (Lipinski definition) is 1. The van der Waals surface area contributed by atoms with Gasteiger partial charge in [-0.2, -0.15) is 0 Å². The average molecular weight is 320 g/mol. The molecule has 0 aromatic heterocycles. The molecule has 0 amide bonds. The minimum atomic E-state index is 0.249. The summed E-state index contributed by atoms with van der Waals surface area (Å²) in [7, 11) is 2.04. The van der Waals surface area contributed by atoms with E-state index in [4.69, 9.17) is 23.2 Å². The van der Waals surface area contributed by atoms with E-state index in [2.05, 4.69) is 35.6 Å². The normalized spacial score (nSPS) is 17.5.